The van der Waals surface area contributed by atoms with Gasteiger partial charge in [0.2, 0.25) is 0 Å². The number of hydrogen-bond acceptors (Lipinski definition) is 6. The summed E-state index contributed by atoms with van der Waals surface area (Å²) in [6.07, 6.45) is -0.681. The Hall–Kier alpha value is -1.86. The second kappa shape index (κ2) is 13.0. The quantitative estimate of drug-likeness (QED) is 0.348. The number of nitrogens with zero attached hydrogens (tertiary/aromatic N) is 1. The van der Waals surface area contributed by atoms with E-state index in [2.05, 4.69) is 10.2 Å². The minimum Gasteiger partial charge on any atom is -0.491 e. The first-order valence-corrected chi connectivity index (χ1v) is 11.7. The predicted octanol–water partition coefficient (Wildman–Crippen LogP) is 4.97. The summed E-state index contributed by atoms with van der Waals surface area (Å²) in [5.41, 5.74) is -0.367. The highest BCUT2D eigenvalue weighted by Gasteiger charge is 2.25. The highest BCUT2D eigenvalue weighted by Crippen LogP contribution is 2.22. The van der Waals surface area contributed by atoms with Crippen molar-refractivity contribution >= 4 is 41.0 Å². The van der Waals surface area contributed by atoms with E-state index in [0.717, 1.165) is 5.69 Å². The Morgan fingerprint density at radius 3 is 2.12 bits per heavy atom. The Balaban J connectivity index is 2.89. The molecular weight excluding hydrogens is 455 g/mol. The third-order valence-corrected chi connectivity index (χ3v) is 4.23. The zero-order chi connectivity index (χ0) is 24.4. The molecular formula is C23H36Cl2N2O5. The molecule has 0 saturated carbocycles. The zero-order valence-electron chi connectivity index (χ0n) is 19.9. The molecule has 9 heteroatoms. The summed E-state index contributed by atoms with van der Waals surface area (Å²) in [7, 11) is 0. The van der Waals surface area contributed by atoms with Gasteiger partial charge in [0.25, 0.3) is 0 Å². The molecule has 0 saturated heterocycles. The van der Waals surface area contributed by atoms with E-state index >= 15 is 0 Å². The number of alkyl carbamates (subject to hydrolysis) is 1. The number of halogens is 2. The van der Waals surface area contributed by atoms with E-state index < -0.39 is 29.3 Å². The smallest absolute Gasteiger partial charge is 0.408 e. The molecule has 0 aliphatic carbocycles. The second-order valence-electron chi connectivity index (χ2n) is 9.31. The maximum Gasteiger partial charge on any atom is 0.408 e. The van der Waals surface area contributed by atoms with Crippen LogP contribution in [0, 0.1) is 0 Å². The molecule has 0 unspecified atom stereocenters. The Bertz CT molecular complexity index is 696. The SMILES string of the molecule is CC(C)(C)OC(=O)C[C@H](COc1cccc(N(CCCl)CCCl)c1)NC(=O)OC(C)(C)C. The molecule has 0 aromatic heterocycles. The average Bonchev–Trinajstić information content (AvgIpc) is 2.63. The highest BCUT2D eigenvalue weighted by molar-refractivity contribution is 6.18. The summed E-state index contributed by atoms with van der Waals surface area (Å²) in [6.45, 7) is 12.0. The lowest BCUT2D eigenvalue weighted by molar-refractivity contribution is -0.155. The maximum absolute atomic E-state index is 12.3. The summed E-state index contributed by atoms with van der Waals surface area (Å²) < 4.78 is 16.6. The van der Waals surface area contributed by atoms with Crippen LogP contribution >= 0.6 is 23.2 Å². The number of carbonyl (C=O) groups is 2. The van der Waals surface area contributed by atoms with Crippen LogP contribution in [0.1, 0.15) is 48.0 Å². The second-order valence-corrected chi connectivity index (χ2v) is 10.1. The van der Waals surface area contributed by atoms with Crippen LogP contribution < -0.4 is 15.0 Å². The molecule has 0 aliphatic rings. The number of ether oxygens (including phenoxy) is 3. The van der Waals surface area contributed by atoms with E-state index in [-0.39, 0.29) is 13.0 Å². The number of rotatable bonds is 11. The molecule has 32 heavy (non-hydrogen) atoms. The highest BCUT2D eigenvalue weighted by atomic mass is 35.5. The average molecular weight is 491 g/mol. The first kappa shape index (κ1) is 28.2. The van der Waals surface area contributed by atoms with Crippen molar-refractivity contribution in [3.8, 4) is 5.75 Å². The van der Waals surface area contributed by atoms with Crippen LogP contribution in [-0.4, -0.2) is 60.8 Å². The van der Waals surface area contributed by atoms with Gasteiger partial charge in [0, 0.05) is 36.6 Å². The number of benzene rings is 1. The minimum atomic E-state index is -0.663. The van der Waals surface area contributed by atoms with Crippen LogP contribution in [-0.2, 0) is 14.3 Å². The van der Waals surface area contributed by atoms with Gasteiger partial charge in [-0.15, -0.1) is 23.2 Å². The summed E-state index contributed by atoms with van der Waals surface area (Å²) in [4.78, 5) is 26.7. The van der Waals surface area contributed by atoms with Crippen molar-refractivity contribution in [3.05, 3.63) is 24.3 Å². The Kier molecular flexibility index (Phi) is 11.4. The van der Waals surface area contributed by atoms with Crippen LogP contribution in [0.3, 0.4) is 0 Å². The number of anilines is 1. The monoisotopic (exact) mass is 490 g/mol. The first-order chi connectivity index (χ1) is 14.8. The number of amides is 1. The number of hydrogen-bond donors (Lipinski definition) is 1. The molecule has 1 aromatic carbocycles. The first-order valence-electron chi connectivity index (χ1n) is 10.6. The van der Waals surface area contributed by atoms with E-state index in [9.17, 15) is 9.59 Å². The van der Waals surface area contributed by atoms with Crippen LogP contribution in [0.5, 0.6) is 5.75 Å². The lowest BCUT2D eigenvalue weighted by atomic mass is 10.1. The molecule has 1 N–H and O–H groups in total. The fourth-order valence-corrected chi connectivity index (χ4v) is 3.16. The molecule has 0 aliphatic heterocycles. The van der Waals surface area contributed by atoms with Crippen LogP contribution in [0.4, 0.5) is 10.5 Å². The van der Waals surface area contributed by atoms with Gasteiger partial charge in [-0.3, -0.25) is 4.79 Å². The van der Waals surface area contributed by atoms with Crippen LogP contribution in [0.25, 0.3) is 0 Å². The third kappa shape index (κ3) is 12.2. The van der Waals surface area contributed by atoms with Crippen molar-refractivity contribution in [2.75, 3.05) is 36.4 Å². The normalized spacial score (nSPS) is 12.6. The molecule has 1 rings (SSSR count). The van der Waals surface area contributed by atoms with Crippen molar-refractivity contribution in [1.82, 2.24) is 5.32 Å². The zero-order valence-corrected chi connectivity index (χ0v) is 21.4. The van der Waals surface area contributed by atoms with E-state index in [0.29, 0.717) is 30.6 Å². The summed E-state index contributed by atoms with van der Waals surface area (Å²) in [5, 5.41) is 2.71. The Morgan fingerprint density at radius 1 is 1.00 bits per heavy atom. The summed E-state index contributed by atoms with van der Waals surface area (Å²) >= 11 is 11.8. The Morgan fingerprint density at radius 2 is 1.59 bits per heavy atom. The van der Waals surface area contributed by atoms with Gasteiger partial charge in [-0.2, -0.15) is 0 Å². The van der Waals surface area contributed by atoms with Crippen molar-refractivity contribution in [2.45, 2.75) is 65.2 Å². The third-order valence-electron chi connectivity index (χ3n) is 3.90. The van der Waals surface area contributed by atoms with Gasteiger partial charge >= 0.3 is 12.1 Å². The van der Waals surface area contributed by atoms with E-state index in [1.54, 1.807) is 47.6 Å². The number of nitrogens with one attached hydrogen (secondary N) is 1. The standard InChI is InChI=1S/C23H36Cl2N2O5/c1-22(2,3)31-20(28)14-17(26-21(29)32-23(4,5)6)16-30-19-9-7-8-18(15-19)27(12-10-24)13-11-25/h7-9,15,17H,10-14,16H2,1-6H3,(H,26,29)/t17-/m1/s1. The molecule has 0 fully saturated rings. The molecule has 0 spiro atoms. The Labute approximate surface area is 201 Å². The fourth-order valence-electron chi connectivity index (χ4n) is 2.75. The van der Waals surface area contributed by atoms with Crippen molar-refractivity contribution in [2.24, 2.45) is 0 Å². The van der Waals surface area contributed by atoms with Gasteiger partial charge in [0.15, 0.2) is 0 Å². The number of alkyl halides is 2. The van der Waals surface area contributed by atoms with Crippen LogP contribution in [0.15, 0.2) is 24.3 Å². The summed E-state index contributed by atoms with van der Waals surface area (Å²) in [6, 6.07) is 6.86. The van der Waals surface area contributed by atoms with Crippen molar-refractivity contribution in [1.29, 1.82) is 0 Å². The molecule has 0 radical (unpaired) electrons. The molecule has 1 aromatic rings. The summed E-state index contributed by atoms with van der Waals surface area (Å²) in [5.74, 6) is 1.10. The topological polar surface area (TPSA) is 77.1 Å². The van der Waals surface area contributed by atoms with Crippen LogP contribution in [0.2, 0.25) is 0 Å². The molecule has 0 bridgehead atoms. The van der Waals surface area contributed by atoms with Gasteiger partial charge in [0.05, 0.1) is 12.5 Å². The molecule has 7 nitrogen and oxygen atoms in total. The predicted molar refractivity (Wildman–Crippen MR) is 129 cm³/mol. The largest absolute Gasteiger partial charge is 0.491 e. The lowest BCUT2D eigenvalue weighted by Crippen LogP contribution is -2.44. The van der Waals surface area contributed by atoms with Gasteiger partial charge < -0.3 is 24.4 Å². The van der Waals surface area contributed by atoms with E-state index in [1.807, 2.05) is 18.2 Å². The minimum absolute atomic E-state index is 0.0547. The molecule has 182 valence electrons. The van der Waals surface area contributed by atoms with Crippen molar-refractivity contribution < 1.29 is 23.8 Å². The number of esters is 1. The number of carbonyl (C=O) groups excluding carboxylic acids is 2. The van der Waals surface area contributed by atoms with Gasteiger partial charge in [-0.1, -0.05) is 6.07 Å². The van der Waals surface area contributed by atoms with Gasteiger partial charge in [-0.25, -0.2) is 4.79 Å². The molecule has 0 heterocycles. The molecule has 1 amide bonds. The molecule has 1 atom stereocenters. The lowest BCUT2D eigenvalue weighted by Gasteiger charge is -2.26. The van der Waals surface area contributed by atoms with Gasteiger partial charge in [-0.05, 0) is 53.7 Å². The maximum atomic E-state index is 12.3. The van der Waals surface area contributed by atoms with Gasteiger partial charge in [0.1, 0.15) is 23.6 Å². The van der Waals surface area contributed by atoms with Crippen molar-refractivity contribution in [3.63, 3.8) is 0 Å². The fraction of sp³-hybridized carbons (Fsp3) is 0.652. The van der Waals surface area contributed by atoms with E-state index in [1.165, 1.54) is 0 Å². The van der Waals surface area contributed by atoms with E-state index in [4.69, 9.17) is 37.4 Å².